The largest absolute Gasteiger partial charge is 0.345 e. The molecule has 4 aromatic rings. The van der Waals surface area contributed by atoms with Gasteiger partial charge in [0.2, 0.25) is 5.91 Å². The molecule has 0 spiro atoms. The monoisotopic (exact) mass is 409 g/mol. The van der Waals surface area contributed by atoms with E-state index in [9.17, 15) is 4.79 Å². The van der Waals surface area contributed by atoms with Crippen LogP contribution in [0, 0.1) is 25.7 Å². The molecule has 2 fully saturated rings. The van der Waals surface area contributed by atoms with Crippen LogP contribution in [0.3, 0.4) is 0 Å². The number of amides is 1. The molecule has 1 aliphatic carbocycles. The Morgan fingerprint density at radius 1 is 1.00 bits per heavy atom. The summed E-state index contributed by atoms with van der Waals surface area (Å²) >= 11 is 0. The number of benzene rings is 2. The minimum absolute atomic E-state index is 0.0681. The zero-order valence-corrected chi connectivity index (χ0v) is 17.5. The van der Waals surface area contributed by atoms with Crippen LogP contribution >= 0.6 is 0 Å². The van der Waals surface area contributed by atoms with Gasteiger partial charge in [-0.05, 0) is 80.1 Å². The number of fused-ring (bicyclic) bond motifs is 1. The number of nitrogens with zero attached hydrogens (tertiary/aromatic N) is 4. The highest BCUT2D eigenvalue weighted by atomic mass is 16.2. The number of nitrogens with one attached hydrogen (secondary N) is 1. The molecule has 6 rings (SSSR count). The van der Waals surface area contributed by atoms with Crippen molar-refractivity contribution in [3.8, 4) is 11.3 Å². The van der Waals surface area contributed by atoms with Crippen molar-refractivity contribution in [2.45, 2.75) is 32.7 Å². The van der Waals surface area contributed by atoms with Gasteiger partial charge < -0.3 is 9.88 Å². The predicted molar refractivity (Wildman–Crippen MR) is 119 cm³/mol. The molecule has 1 saturated carbocycles. The van der Waals surface area contributed by atoms with Crippen molar-refractivity contribution in [3.63, 3.8) is 0 Å². The molecule has 31 heavy (non-hydrogen) atoms. The molecule has 1 amide bonds. The number of H-pyrrole nitrogens is 1. The van der Waals surface area contributed by atoms with E-state index in [1.807, 2.05) is 42.2 Å². The first-order valence-corrected chi connectivity index (χ1v) is 10.8. The van der Waals surface area contributed by atoms with E-state index >= 15 is 0 Å². The molecule has 6 heteroatoms. The third-order valence-electron chi connectivity index (χ3n) is 6.63. The van der Waals surface area contributed by atoms with Gasteiger partial charge in [0.1, 0.15) is 0 Å². The summed E-state index contributed by atoms with van der Waals surface area (Å²) in [4.78, 5) is 22.6. The predicted octanol–water partition coefficient (Wildman–Crippen LogP) is 4.75. The lowest BCUT2D eigenvalue weighted by Crippen LogP contribution is -2.56. The smallest absolute Gasteiger partial charge is 0.233 e. The van der Waals surface area contributed by atoms with Crippen molar-refractivity contribution < 1.29 is 4.79 Å². The molecule has 0 bridgehead atoms. The van der Waals surface area contributed by atoms with E-state index in [2.05, 4.69) is 45.3 Å². The summed E-state index contributed by atoms with van der Waals surface area (Å²) in [5.74, 6) is 0.812. The number of aryl methyl sites for hydroxylation is 2. The third kappa shape index (κ3) is 2.93. The van der Waals surface area contributed by atoms with Gasteiger partial charge in [0.05, 0.1) is 40.7 Å². The zero-order valence-electron chi connectivity index (χ0n) is 17.5. The van der Waals surface area contributed by atoms with Crippen LogP contribution in [0.5, 0.6) is 0 Å². The van der Waals surface area contributed by atoms with Gasteiger partial charge in [0, 0.05) is 11.3 Å². The number of aromatic amines is 1. The molecule has 0 unspecified atom stereocenters. The van der Waals surface area contributed by atoms with Crippen LogP contribution in [-0.4, -0.2) is 26.1 Å². The number of aromatic nitrogens is 4. The molecule has 3 heterocycles. The first-order valence-electron chi connectivity index (χ1n) is 10.8. The maximum atomic E-state index is 13.2. The van der Waals surface area contributed by atoms with Crippen LogP contribution in [0.25, 0.3) is 22.3 Å². The lowest BCUT2D eigenvalue weighted by molar-refractivity contribution is -0.131. The summed E-state index contributed by atoms with van der Waals surface area (Å²) in [6, 6.07) is 16.5. The van der Waals surface area contributed by atoms with E-state index in [-0.39, 0.29) is 17.9 Å². The molecular weight excluding hydrogens is 386 g/mol. The van der Waals surface area contributed by atoms with Crippen molar-refractivity contribution in [2.75, 3.05) is 4.90 Å². The summed E-state index contributed by atoms with van der Waals surface area (Å²) in [6.07, 6.45) is 3.99. The quantitative estimate of drug-likeness (QED) is 0.494. The summed E-state index contributed by atoms with van der Waals surface area (Å²) in [7, 11) is 0. The van der Waals surface area contributed by atoms with Crippen LogP contribution in [0.2, 0.25) is 0 Å². The molecule has 2 atom stereocenters. The highest BCUT2D eigenvalue weighted by molar-refractivity contribution is 6.04. The van der Waals surface area contributed by atoms with Gasteiger partial charge in [-0.2, -0.15) is 10.2 Å². The lowest BCUT2D eigenvalue weighted by Gasteiger charge is -2.48. The number of anilines is 1. The molecule has 0 radical (unpaired) electrons. The summed E-state index contributed by atoms with van der Waals surface area (Å²) in [6.45, 7) is 4.06. The van der Waals surface area contributed by atoms with Crippen LogP contribution in [-0.2, 0) is 4.79 Å². The van der Waals surface area contributed by atoms with Gasteiger partial charge in [-0.3, -0.25) is 4.79 Å². The standard InChI is InChI=1S/C25H23N5O/c1-14-11-17(20-9-3-15(2)28-29-20)6-8-19(14)24-23(16-4-5-16)25(31)30(24)18-7-10-21-22(12-18)27-13-26-21/h3,6-13,16,23-24H,4-5H2,1-2H3,(H,26,27)/t23-,24+/m1/s1. The SMILES string of the molecule is Cc1ccc(-c2ccc([C@H]3[C@@H](C4CC4)C(=O)N3c3ccc4nc[nH]c4c3)c(C)c2)nn1. The normalized spacial score (nSPS) is 20.8. The molecule has 1 N–H and O–H groups in total. The van der Waals surface area contributed by atoms with Gasteiger partial charge in [-0.1, -0.05) is 12.1 Å². The van der Waals surface area contributed by atoms with E-state index < -0.39 is 0 Å². The molecule has 2 aromatic carbocycles. The summed E-state index contributed by atoms with van der Waals surface area (Å²) in [5.41, 5.74) is 7.99. The van der Waals surface area contributed by atoms with E-state index in [0.29, 0.717) is 5.92 Å². The van der Waals surface area contributed by atoms with Crippen LogP contribution < -0.4 is 4.90 Å². The number of carbonyl (C=O) groups is 1. The molecule has 2 aliphatic rings. The molecule has 1 aliphatic heterocycles. The Morgan fingerprint density at radius 3 is 2.61 bits per heavy atom. The Morgan fingerprint density at radius 2 is 1.87 bits per heavy atom. The summed E-state index contributed by atoms with van der Waals surface area (Å²) < 4.78 is 0. The number of imidazole rings is 1. The fourth-order valence-electron chi connectivity index (χ4n) is 4.84. The lowest BCUT2D eigenvalue weighted by atomic mass is 9.77. The second-order valence-corrected chi connectivity index (χ2v) is 8.75. The molecule has 6 nitrogen and oxygen atoms in total. The van der Waals surface area contributed by atoms with E-state index in [1.165, 1.54) is 11.1 Å². The Labute approximate surface area is 180 Å². The molecule has 1 saturated heterocycles. The Bertz CT molecular complexity index is 1310. The Hall–Kier alpha value is -3.54. The van der Waals surface area contributed by atoms with Crippen molar-refractivity contribution in [1.82, 2.24) is 20.2 Å². The average molecular weight is 409 g/mol. The zero-order chi connectivity index (χ0) is 21.1. The molecule has 154 valence electrons. The van der Waals surface area contributed by atoms with Crippen molar-refractivity contribution in [2.24, 2.45) is 11.8 Å². The van der Waals surface area contributed by atoms with Crippen molar-refractivity contribution in [1.29, 1.82) is 0 Å². The van der Waals surface area contributed by atoms with Gasteiger partial charge in [0.25, 0.3) is 0 Å². The maximum Gasteiger partial charge on any atom is 0.233 e. The van der Waals surface area contributed by atoms with Crippen LogP contribution in [0.4, 0.5) is 5.69 Å². The Balaban J connectivity index is 1.39. The second-order valence-electron chi connectivity index (χ2n) is 8.75. The number of rotatable bonds is 4. The van der Waals surface area contributed by atoms with Crippen molar-refractivity contribution >= 4 is 22.6 Å². The Kier molecular flexibility index (Phi) is 3.96. The fraction of sp³-hybridized carbons (Fsp3) is 0.280. The minimum Gasteiger partial charge on any atom is -0.345 e. The summed E-state index contributed by atoms with van der Waals surface area (Å²) in [5, 5.41) is 8.51. The maximum absolute atomic E-state index is 13.2. The van der Waals surface area contributed by atoms with Crippen LogP contribution in [0.15, 0.2) is 54.9 Å². The third-order valence-corrected chi connectivity index (χ3v) is 6.63. The van der Waals surface area contributed by atoms with Gasteiger partial charge in [-0.25, -0.2) is 4.98 Å². The number of β-lactam (4-membered cyclic amide) rings is 1. The fourth-order valence-corrected chi connectivity index (χ4v) is 4.84. The molecular formula is C25H23N5O. The average Bonchev–Trinajstić information content (AvgIpc) is 3.47. The van der Waals surface area contributed by atoms with Gasteiger partial charge in [0.15, 0.2) is 0 Å². The first-order chi connectivity index (χ1) is 15.1. The number of hydrogen-bond acceptors (Lipinski definition) is 4. The minimum atomic E-state index is 0.0681. The van der Waals surface area contributed by atoms with Gasteiger partial charge in [-0.15, -0.1) is 0 Å². The van der Waals surface area contributed by atoms with Crippen LogP contribution in [0.1, 0.15) is 35.7 Å². The number of hydrogen-bond donors (Lipinski definition) is 1. The van der Waals surface area contributed by atoms with E-state index in [1.54, 1.807) is 6.33 Å². The highest BCUT2D eigenvalue weighted by Crippen LogP contribution is 2.54. The van der Waals surface area contributed by atoms with E-state index in [4.69, 9.17) is 0 Å². The number of carbonyl (C=O) groups excluding carboxylic acids is 1. The van der Waals surface area contributed by atoms with Crippen molar-refractivity contribution in [3.05, 3.63) is 71.7 Å². The second kappa shape index (κ2) is 6.74. The van der Waals surface area contributed by atoms with Gasteiger partial charge >= 0.3 is 0 Å². The first kappa shape index (κ1) is 18.2. The topological polar surface area (TPSA) is 74.8 Å². The van der Waals surface area contributed by atoms with E-state index in [0.717, 1.165) is 46.5 Å². The molecule has 2 aromatic heterocycles. The highest BCUT2D eigenvalue weighted by Gasteiger charge is 2.55.